The number of hydrogen-bond donors (Lipinski definition) is 2. The molecule has 0 amide bonds. The first kappa shape index (κ1) is 18.5. The molecule has 0 aliphatic heterocycles. The van der Waals surface area contributed by atoms with E-state index in [0.29, 0.717) is 11.7 Å². The minimum atomic E-state index is -0.504. The molecule has 1 N–H and O–H groups in total. The number of aliphatic hydroxyl groups is 1. The van der Waals surface area contributed by atoms with Crippen LogP contribution in [0.1, 0.15) is 71.1 Å². The van der Waals surface area contributed by atoms with Crippen LogP contribution in [0.15, 0.2) is 12.2 Å². The molecule has 4 atom stereocenters. The smallest absolute Gasteiger partial charge is 0.0992 e. The summed E-state index contributed by atoms with van der Waals surface area (Å²) in [6.45, 7) is 2.23. The van der Waals surface area contributed by atoms with E-state index in [2.05, 4.69) is 31.7 Å². The van der Waals surface area contributed by atoms with Crippen LogP contribution in [0.25, 0.3) is 0 Å². The number of rotatable bonds is 11. The number of allylic oxidation sites excluding steroid dienone is 2. The van der Waals surface area contributed by atoms with Crippen molar-refractivity contribution in [1.82, 2.24) is 0 Å². The maximum atomic E-state index is 9.99. The van der Waals surface area contributed by atoms with Crippen molar-refractivity contribution in [2.24, 2.45) is 23.7 Å². The summed E-state index contributed by atoms with van der Waals surface area (Å²) in [5.74, 6) is 2.76. The van der Waals surface area contributed by atoms with Gasteiger partial charge < -0.3 is 5.11 Å². The molecule has 0 heterocycles. The van der Waals surface area contributed by atoms with Crippen molar-refractivity contribution < 1.29 is 5.11 Å². The van der Waals surface area contributed by atoms with Crippen molar-refractivity contribution in [3.8, 4) is 0 Å². The van der Waals surface area contributed by atoms with E-state index in [-0.39, 0.29) is 5.92 Å². The second-order valence-electron chi connectivity index (χ2n) is 7.54. The largest absolute Gasteiger partial charge is 0.382 e. The standard InChI is InChI=1S/C19H33BOS/c1-2-15(18(20)16-11-12-16)13-17(19(21)22)10-5-3-4-7-14-8-6-9-14/h4,7,14-19,21-22H,2-3,5-6,8-13H2,1H3/b7-4+. The summed E-state index contributed by atoms with van der Waals surface area (Å²) in [6, 6.07) is 0. The molecule has 0 bridgehead atoms. The molecule has 0 aromatic rings. The zero-order chi connectivity index (χ0) is 15.9. The van der Waals surface area contributed by atoms with Crippen molar-refractivity contribution in [3.05, 3.63) is 12.2 Å². The molecular formula is C19H33BOS. The lowest BCUT2D eigenvalue weighted by Crippen LogP contribution is -2.22. The van der Waals surface area contributed by atoms with Gasteiger partial charge in [0.25, 0.3) is 0 Å². The molecular weight excluding hydrogens is 287 g/mol. The van der Waals surface area contributed by atoms with Crippen molar-refractivity contribution in [2.45, 2.75) is 82.4 Å². The maximum Gasteiger partial charge on any atom is 0.0992 e. The molecule has 124 valence electrons. The Morgan fingerprint density at radius 1 is 1.23 bits per heavy atom. The van der Waals surface area contributed by atoms with Crippen LogP contribution >= 0.6 is 12.6 Å². The Balaban J connectivity index is 1.69. The van der Waals surface area contributed by atoms with Crippen molar-refractivity contribution >= 4 is 20.5 Å². The second-order valence-corrected chi connectivity index (χ2v) is 8.07. The second kappa shape index (κ2) is 9.42. The van der Waals surface area contributed by atoms with E-state index in [9.17, 15) is 5.11 Å². The molecule has 2 aliphatic carbocycles. The van der Waals surface area contributed by atoms with Crippen LogP contribution < -0.4 is 0 Å². The summed E-state index contributed by atoms with van der Waals surface area (Å²) < 4.78 is 0. The van der Waals surface area contributed by atoms with Gasteiger partial charge in [0.05, 0.1) is 13.3 Å². The molecule has 0 spiro atoms. The Morgan fingerprint density at radius 2 is 1.95 bits per heavy atom. The highest BCUT2D eigenvalue weighted by atomic mass is 32.1. The Morgan fingerprint density at radius 3 is 2.45 bits per heavy atom. The van der Waals surface area contributed by atoms with Gasteiger partial charge in [-0.3, -0.25) is 0 Å². The predicted octanol–water partition coefficient (Wildman–Crippen LogP) is 5.16. The predicted molar refractivity (Wildman–Crippen MR) is 99.4 cm³/mol. The van der Waals surface area contributed by atoms with Gasteiger partial charge in [0.2, 0.25) is 0 Å². The number of aliphatic hydroxyl groups excluding tert-OH is 1. The topological polar surface area (TPSA) is 20.2 Å². The zero-order valence-corrected chi connectivity index (χ0v) is 15.1. The van der Waals surface area contributed by atoms with Gasteiger partial charge in [0.1, 0.15) is 0 Å². The zero-order valence-electron chi connectivity index (χ0n) is 14.2. The minimum Gasteiger partial charge on any atom is -0.382 e. The van der Waals surface area contributed by atoms with Gasteiger partial charge in [0.15, 0.2) is 0 Å². The van der Waals surface area contributed by atoms with Crippen LogP contribution in [0.2, 0.25) is 5.82 Å². The third-order valence-electron chi connectivity index (χ3n) is 5.77. The van der Waals surface area contributed by atoms with Crippen LogP contribution in [-0.4, -0.2) is 18.4 Å². The molecule has 0 saturated heterocycles. The monoisotopic (exact) mass is 320 g/mol. The quantitative estimate of drug-likeness (QED) is 0.177. The average molecular weight is 320 g/mol. The van der Waals surface area contributed by atoms with Gasteiger partial charge in [-0.15, -0.1) is 12.6 Å². The van der Waals surface area contributed by atoms with E-state index < -0.39 is 5.44 Å². The first-order chi connectivity index (χ1) is 10.6. The van der Waals surface area contributed by atoms with Gasteiger partial charge in [-0.05, 0) is 62.2 Å². The van der Waals surface area contributed by atoms with Crippen LogP contribution in [-0.2, 0) is 0 Å². The highest BCUT2D eigenvalue weighted by molar-refractivity contribution is 7.80. The normalized spacial score (nSPS) is 24.9. The number of unbranched alkanes of at least 4 members (excludes halogenated alkanes) is 1. The van der Waals surface area contributed by atoms with Gasteiger partial charge in [0, 0.05) is 0 Å². The highest BCUT2D eigenvalue weighted by Gasteiger charge is 2.33. The summed E-state index contributed by atoms with van der Waals surface area (Å²) in [4.78, 5) is 0. The van der Waals surface area contributed by atoms with Crippen molar-refractivity contribution in [3.63, 3.8) is 0 Å². The molecule has 2 radical (unpaired) electrons. The van der Waals surface area contributed by atoms with Crippen LogP contribution in [0.5, 0.6) is 0 Å². The molecule has 4 unspecified atom stereocenters. The van der Waals surface area contributed by atoms with Crippen LogP contribution in [0.4, 0.5) is 0 Å². The molecule has 0 aromatic carbocycles. The molecule has 2 aliphatic rings. The lowest BCUT2D eigenvalue weighted by atomic mass is 9.68. The number of thiol groups is 1. The SMILES string of the molecule is [B]C(C1CC1)C(CC)CC(CCC/C=C/C1CCC1)C(O)S. The first-order valence-electron chi connectivity index (χ1n) is 9.40. The van der Waals surface area contributed by atoms with Crippen molar-refractivity contribution in [2.75, 3.05) is 0 Å². The molecule has 2 fully saturated rings. The van der Waals surface area contributed by atoms with E-state index >= 15 is 0 Å². The fraction of sp³-hybridized carbons (Fsp3) is 0.895. The number of hydrogen-bond acceptors (Lipinski definition) is 2. The van der Waals surface area contributed by atoms with E-state index in [1.165, 1.54) is 32.1 Å². The lowest BCUT2D eigenvalue weighted by molar-refractivity contribution is 0.157. The summed E-state index contributed by atoms with van der Waals surface area (Å²) in [5.41, 5.74) is -0.504. The van der Waals surface area contributed by atoms with E-state index in [4.69, 9.17) is 7.85 Å². The molecule has 2 rings (SSSR count). The average Bonchev–Trinajstić information content (AvgIpc) is 3.27. The van der Waals surface area contributed by atoms with Gasteiger partial charge >= 0.3 is 0 Å². The molecule has 0 aromatic heterocycles. The third kappa shape index (κ3) is 5.96. The summed E-state index contributed by atoms with van der Waals surface area (Å²) in [7, 11) is 6.40. The summed E-state index contributed by atoms with van der Waals surface area (Å²) in [6.07, 6.45) is 17.0. The summed E-state index contributed by atoms with van der Waals surface area (Å²) in [5, 5.41) is 9.99. The Kier molecular flexibility index (Phi) is 7.90. The summed E-state index contributed by atoms with van der Waals surface area (Å²) >= 11 is 4.32. The highest BCUT2D eigenvalue weighted by Crippen LogP contribution is 2.46. The van der Waals surface area contributed by atoms with E-state index in [1.807, 2.05) is 0 Å². The van der Waals surface area contributed by atoms with Crippen LogP contribution in [0.3, 0.4) is 0 Å². The van der Waals surface area contributed by atoms with Crippen LogP contribution in [0, 0.1) is 23.7 Å². The minimum absolute atomic E-state index is 0.287. The maximum absolute atomic E-state index is 9.99. The fourth-order valence-corrected chi connectivity index (χ4v) is 3.93. The Labute approximate surface area is 144 Å². The van der Waals surface area contributed by atoms with Gasteiger partial charge in [-0.1, -0.05) is 50.6 Å². The van der Waals surface area contributed by atoms with E-state index in [1.54, 1.807) is 0 Å². The lowest BCUT2D eigenvalue weighted by Gasteiger charge is -2.29. The molecule has 1 nitrogen and oxygen atoms in total. The third-order valence-corrected chi connectivity index (χ3v) is 6.19. The Bertz CT molecular complexity index is 336. The van der Waals surface area contributed by atoms with Gasteiger partial charge in [-0.25, -0.2) is 0 Å². The molecule has 22 heavy (non-hydrogen) atoms. The van der Waals surface area contributed by atoms with Crippen molar-refractivity contribution in [1.29, 1.82) is 0 Å². The van der Waals surface area contributed by atoms with E-state index in [0.717, 1.165) is 43.9 Å². The fourth-order valence-electron chi connectivity index (χ4n) is 3.66. The van der Waals surface area contributed by atoms with Gasteiger partial charge in [-0.2, -0.15) is 0 Å². The molecule has 3 heteroatoms. The Hall–Kier alpha value is 0.115. The molecule has 2 saturated carbocycles. The first-order valence-corrected chi connectivity index (χ1v) is 9.91.